The zero-order chi connectivity index (χ0) is 31.2. The van der Waals surface area contributed by atoms with Crippen LogP contribution in [0.1, 0.15) is 31.9 Å². The minimum Gasteiger partial charge on any atom is -0.350 e. The fourth-order valence-corrected chi connectivity index (χ4v) is 5.69. The van der Waals surface area contributed by atoms with Crippen LogP contribution in [-0.4, -0.2) is 61.7 Å². The molecule has 12 heteroatoms. The van der Waals surface area contributed by atoms with Gasteiger partial charge in [-0.2, -0.15) is 12.7 Å². The minimum atomic E-state index is -4.20. The van der Waals surface area contributed by atoms with Crippen molar-refractivity contribution in [3.63, 3.8) is 0 Å². The predicted octanol–water partition coefficient (Wildman–Crippen LogP) is 5.30. The summed E-state index contributed by atoms with van der Waals surface area (Å²) in [5.41, 5.74) is 0.775. The van der Waals surface area contributed by atoms with Gasteiger partial charge in [0.1, 0.15) is 18.4 Å². The van der Waals surface area contributed by atoms with Crippen molar-refractivity contribution in [2.45, 2.75) is 45.3 Å². The van der Waals surface area contributed by atoms with Crippen molar-refractivity contribution in [3.05, 3.63) is 99.8 Å². The van der Waals surface area contributed by atoms with Gasteiger partial charge in [0.2, 0.25) is 11.8 Å². The van der Waals surface area contributed by atoms with E-state index in [0.717, 1.165) is 26.3 Å². The van der Waals surface area contributed by atoms with Gasteiger partial charge < -0.3 is 10.2 Å². The molecule has 0 aliphatic carbocycles. The molecule has 0 saturated carbocycles. The number of nitrogens with zero attached hydrogens (tertiary/aromatic N) is 3. The molecule has 0 radical (unpaired) electrons. The Morgan fingerprint density at radius 3 is 2.12 bits per heavy atom. The number of anilines is 1. The van der Waals surface area contributed by atoms with E-state index in [1.807, 2.05) is 51.1 Å². The first-order chi connectivity index (χ1) is 19.6. The SMILES string of the molecule is CN(C)S(=O)(=O)N(CC(=O)N(Cc1ccc(Cl)cc1Cl)[C@H](Cc1ccccc1)C(=O)NC(C)(C)C)c1ccc(F)cc1. The van der Waals surface area contributed by atoms with E-state index in [1.165, 1.54) is 37.2 Å². The first-order valence-electron chi connectivity index (χ1n) is 13.1. The van der Waals surface area contributed by atoms with E-state index in [9.17, 15) is 22.4 Å². The summed E-state index contributed by atoms with van der Waals surface area (Å²) in [4.78, 5) is 29.3. The Bertz CT molecular complexity index is 1500. The van der Waals surface area contributed by atoms with E-state index >= 15 is 0 Å². The molecule has 0 aliphatic heterocycles. The molecule has 42 heavy (non-hydrogen) atoms. The molecule has 0 saturated heterocycles. The molecule has 0 spiro atoms. The van der Waals surface area contributed by atoms with Gasteiger partial charge in [-0.15, -0.1) is 0 Å². The van der Waals surface area contributed by atoms with Gasteiger partial charge in [0, 0.05) is 42.6 Å². The maximum Gasteiger partial charge on any atom is 0.304 e. The number of benzene rings is 3. The highest BCUT2D eigenvalue weighted by atomic mass is 35.5. The monoisotopic (exact) mass is 636 g/mol. The van der Waals surface area contributed by atoms with Crippen LogP contribution in [0.5, 0.6) is 0 Å². The first kappa shape index (κ1) is 33.3. The second-order valence-corrected chi connectivity index (χ2v) is 13.9. The minimum absolute atomic E-state index is 0.0849. The molecule has 2 amide bonds. The predicted molar refractivity (Wildman–Crippen MR) is 165 cm³/mol. The molecule has 1 atom stereocenters. The van der Waals surface area contributed by atoms with Gasteiger partial charge in [0.15, 0.2) is 0 Å². The number of rotatable bonds is 11. The van der Waals surface area contributed by atoms with Crippen LogP contribution in [0, 0.1) is 5.82 Å². The van der Waals surface area contributed by atoms with Gasteiger partial charge in [-0.25, -0.2) is 8.70 Å². The Hall–Kier alpha value is -3.18. The van der Waals surface area contributed by atoms with Crippen LogP contribution in [0.15, 0.2) is 72.8 Å². The zero-order valence-corrected chi connectivity index (χ0v) is 26.5. The Balaban J connectivity index is 2.14. The molecule has 0 aliphatic rings. The van der Waals surface area contributed by atoms with E-state index in [-0.39, 0.29) is 23.7 Å². The Morgan fingerprint density at radius 1 is 0.952 bits per heavy atom. The normalized spacial score (nSPS) is 12.6. The van der Waals surface area contributed by atoms with Crippen molar-refractivity contribution >= 4 is 50.9 Å². The van der Waals surface area contributed by atoms with Crippen molar-refractivity contribution in [2.24, 2.45) is 0 Å². The third kappa shape index (κ3) is 8.91. The summed E-state index contributed by atoms with van der Waals surface area (Å²) in [5.74, 6) is -1.65. The second-order valence-electron chi connectivity index (χ2n) is 11.0. The van der Waals surface area contributed by atoms with Crippen molar-refractivity contribution in [1.82, 2.24) is 14.5 Å². The van der Waals surface area contributed by atoms with Gasteiger partial charge in [-0.3, -0.25) is 9.59 Å². The molecule has 3 rings (SSSR count). The number of amides is 2. The van der Waals surface area contributed by atoms with Gasteiger partial charge >= 0.3 is 10.2 Å². The van der Waals surface area contributed by atoms with Crippen LogP contribution < -0.4 is 9.62 Å². The summed E-state index contributed by atoms with van der Waals surface area (Å²) in [5, 5.41) is 3.63. The summed E-state index contributed by atoms with van der Waals surface area (Å²) in [6.07, 6.45) is 0.149. The van der Waals surface area contributed by atoms with Crippen LogP contribution in [-0.2, 0) is 32.8 Å². The summed E-state index contributed by atoms with van der Waals surface area (Å²) >= 11 is 12.6. The molecular formula is C30H35Cl2FN4O4S. The first-order valence-corrected chi connectivity index (χ1v) is 15.3. The third-order valence-electron chi connectivity index (χ3n) is 6.26. The Labute approximate surface area is 257 Å². The number of hydrogen-bond donors (Lipinski definition) is 1. The van der Waals surface area contributed by atoms with Crippen LogP contribution >= 0.6 is 23.2 Å². The van der Waals surface area contributed by atoms with E-state index in [0.29, 0.717) is 10.6 Å². The number of carbonyl (C=O) groups excluding carboxylic acids is 2. The standard InChI is InChI=1S/C30H35Cl2FN4O4S/c1-30(2,3)34-29(39)27(17-21-9-7-6-8-10-21)36(19-22-11-12-23(31)18-26(22)32)28(38)20-37(42(40,41)35(4)5)25-15-13-24(33)14-16-25/h6-16,18,27H,17,19-20H2,1-5H3,(H,34,39)/t27-/m1/s1. The summed E-state index contributed by atoms with van der Waals surface area (Å²) < 4.78 is 42.3. The van der Waals surface area contributed by atoms with Crippen molar-refractivity contribution in [1.29, 1.82) is 0 Å². The quantitative estimate of drug-likeness (QED) is 0.309. The molecule has 3 aromatic carbocycles. The maximum absolute atomic E-state index is 14.2. The smallest absolute Gasteiger partial charge is 0.304 e. The molecular weight excluding hydrogens is 602 g/mol. The highest BCUT2D eigenvalue weighted by molar-refractivity contribution is 7.90. The number of carbonyl (C=O) groups is 2. The third-order valence-corrected chi connectivity index (χ3v) is 8.67. The highest BCUT2D eigenvalue weighted by Crippen LogP contribution is 2.26. The second kappa shape index (κ2) is 13.9. The lowest BCUT2D eigenvalue weighted by atomic mass is 10.0. The van der Waals surface area contributed by atoms with Gasteiger partial charge in [0.05, 0.1) is 5.69 Å². The van der Waals surface area contributed by atoms with Gasteiger partial charge in [-0.05, 0) is 68.3 Å². The number of nitrogens with one attached hydrogen (secondary N) is 1. The lowest BCUT2D eigenvalue weighted by Gasteiger charge is -2.36. The molecule has 3 aromatic rings. The summed E-state index contributed by atoms with van der Waals surface area (Å²) in [6, 6.07) is 17.7. The molecule has 8 nitrogen and oxygen atoms in total. The number of halogens is 3. The molecule has 0 heterocycles. The lowest BCUT2D eigenvalue weighted by molar-refractivity contribution is -0.140. The van der Waals surface area contributed by atoms with E-state index in [2.05, 4.69) is 5.32 Å². The fraction of sp³-hybridized carbons (Fsp3) is 0.333. The van der Waals surface area contributed by atoms with Gasteiger partial charge in [-0.1, -0.05) is 59.6 Å². The summed E-state index contributed by atoms with van der Waals surface area (Å²) in [7, 11) is -1.54. The Kier molecular flexibility index (Phi) is 11.0. The molecule has 0 bridgehead atoms. The average molecular weight is 638 g/mol. The molecule has 226 valence electrons. The molecule has 0 fully saturated rings. The molecule has 1 N–H and O–H groups in total. The molecule has 0 aromatic heterocycles. The van der Waals surface area contributed by atoms with Crippen molar-refractivity contribution < 1.29 is 22.4 Å². The van der Waals surface area contributed by atoms with E-state index < -0.39 is 46.0 Å². The highest BCUT2D eigenvalue weighted by Gasteiger charge is 2.36. The van der Waals surface area contributed by atoms with Crippen LogP contribution in [0.25, 0.3) is 0 Å². The average Bonchev–Trinajstić information content (AvgIpc) is 2.90. The van der Waals surface area contributed by atoms with Crippen molar-refractivity contribution in [2.75, 3.05) is 24.9 Å². The van der Waals surface area contributed by atoms with E-state index in [4.69, 9.17) is 23.2 Å². The largest absolute Gasteiger partial charge is 0.350 e. The molecule has 0 unspecified atom stereocenters. The van der Waals surface area contributed by atoms with E-state index in [1.54, 1.807) is 12.1 Å². The van der Waals surface area contributed by atoms with Crippen molar-refractivity contribution in [3.8, 4) is 0 Å². The van der Waals surface area contributed by atoms with Crippen LogP contribution in [0.4, 0.5) is 10.1 Å². The number of hydrogen-bond acceptors (Lipinski definition) is 4. The van der Waals surface area contributed by atoms with Crippen LogP contribution in [0.3, 0.4) is 0 Å². The Morgan fingerprint density at radius 2 is 1.57 bits per heavy atom. The maximum atomic E-state index is 14.2. The van der Waals surface area contributed by atoms with Gasteiger partial charge in [0.25, 0.3) is 0 Å². The summed E-state index contributed by atoms with van der Waals surface area (Å²) in [6.45, 7) is 4.71. The topological polar surface area (TPSA) is 90.0 Å². The lowest BCUT2D eigenvalue weighted by Crippen LogP contribution is -2.56. The fourth-order valence-electron chi connectivity index (χ4n) is 4.16. The van der Waals surface area contributed by atoms with Crippen LogP contribution in [0.2, 0.25) is 10.0 Å². The zero-order valence-electron chi connectivity index (χ0n) is 24.1.